The number of carbonyl (C=O) groups is 2. The van der Waals surface area contributed by atoms with Crippen LogP contribution in [0, 0.1) is 6.92 Å². The third-order valence-corrected chi connectivity index (χ3v) is 4.16. The number of carboxylic acid groups (broad SMARTS) is 1. The van der Waals surface area contributed by atoms with Crippen molar-refractivity contribution in [3.8, 4) is 0 Å². The Morgan fingerprint density at radius 3 is 2.95 bits per heavy atom. The topological polar surface area (TPSA) is 75.6 Å². The molecule has 0 radical (unpaired) electrons. The summed E-state index contributed by atoms with van der Waals surface area (Å²) in [6.07, 6.45) is 3.48. The summed E-state index contributed by atoms with van der Waals surface area (Å²) in [5.74, 6) is -1.13. The summed E-state index contributed by atoms with van der Waals surface area (Å²) >= 11 is 1.58. The number of amides is 1. The first-order valence-corrected chi connectivity index (χ1v) is 7.32. The van der Waals surface area contributed by atoms with Crippen LogP contribution in [0.1, 0.15) is 23.3 Å². The number of hydrogen-bond donors (Lipinski definition) is 2. The van der Waals surface area contributed by atoms with Gasteiger partial charge in [0.15, 0.2) is 6.10 Å². The lowest BCUT2D eigenvalue weighted by Gasteiger charge is -2.11. The molecule has 1 amide bonds. The van der Waals surface area contributed by atoms with E-state index in [9.17, 15) is 9.59 Å². The van der Waals surface area contributed by atoms with Crippen LogP contribution in [0.3, 0.4) is 0 Å². The third kappa shape index (κ3) is 3.91. The largest absolute Gasteiger partial charge is 0.479 e. The van der Waals surface area contributed by atoms with E-state index in [1.807, 2.05) is 18.4 Å². The highest BCUT2D eigenvalue weighted by Crippen LogP contribution is 2.19. The Kier molecular flexibility index (Phi) is 4.92. The maximum Gasteiger partial charge on any atom is 0.332 e. The fraction of sp³-hybridized carbons (Fsp3) is 0.429. The summed E-state index contributed by atoms with van der Waals surface area (Å²) < 4.78 is 5.31. The molecule has 1 saturated heterocycles. The minimum Gasteiger partial charge on any atom is -0.479 e. The molecule has 2 unspecified atom stereocenters. The van der Waals surface area contributed by atoms with Gasteiger partial charge in [-0.2, -0.15) is 0 Å². The highest BCUT2D eigenvalue weighted by molar-refractivity contribution is 7.11. The molecule has 1 aromatic rings. The Bertz CT molecular complexity index is 523. The maximum atomic E-state index is 11.7. The van der Waals surface area contributed by atoms with E-state index < -0.39 is 12.1 Å². The van der Waals surface area contributed by atoms with Gasteiger partial charge in [0.05, 0.1) is 6.10 Å². The highest BCUT2D eigenvalue weighted by atomic mass is 32.1. The molecule has 0 bridgehead atoms. The highest BCUT2D eigenvalue weighted by Gasteiger charge is 2.30. The number of carbonyl (C=O) groups excluding carboxylic acids is 1. The van der Waals surface area contributed by atoms with E-state index in [-0.39, 0.29) is 12.0 Å². The number of hydrogen-bond acceptors (Lipinski definition) is 4. The Morgan fingerprint density at radius 2 is 2.35 bits per heavy atom. The van der Waals surface area contributed by atoms with Gasteiger partial charge >= 0.3 is 5.97 Å². The fourth-order valence-corrected chi connectivity index (χ4v) is 2.84. The maximum absolute atomic E-state index is 11.7. The van der Waals surface area contributed by atoms with Crippen molar-refractivity contribution in [1.29, 1.82) is 0 Å². The summed E-state index contributed by atoms with van der Waals surface area (Å²) in [6.45, 7) is 2.34. The van der Waals surface area contributed by atoms with Crippen LogP contribution in [-0.2, 0) is 14.3 Å². The van der Waals surface area contributed by atoms with Crippen molar-refractivity contribution in [2.24, 2.45) is 0 Å². The fourth-order valence-electron chi connectivity index (χ4n) is 2.02. The van der Waals surface area contributed by atoms with Gasteiger partial charge in [-0.3, -0.25) is 4.79 Å². The molecule has 1 aliphatic rings. The molecular formula is C14H17NO4S. The number of aryl methyl sites for hydroxylation is 1. The molecule has 20 heavy (non-hydrogen) atoms. The average molecular weight is 295 g/mol. The number of rotatable bonds is 5. The van der Waals surface area contributed by atoms with E-state index >= 15 is 0 Å². The molecular weight excluding hydrogens is 278 g/mol. The second-order valence-corrected chi connectivity index (χ2v) is 5.66. The standard InChI is InChI=1S/C14H17NO4S/c1-9-6-7-20-12(9)4-5-13(16)15-8-10-2-3-11(19-10)14(17)18/h4-7,10-11H,2-3,8H2,1H3,(H,15,16)(H,17,18)/b5-4+. The molecule has 2 N–H and O–H groups in total. The molecule has 2 heterocycles. The monoisotopic (exact) mass is 295 g/mol. The molecule has 1 aromatic heterocycles. The Labute approximate surface area is 121 Å². The van der Waals surface area contributed by atoms with Crippen molar-refractivity contribution in [2.45, 2.75) is 32.0 Å². The first-order valence-electron chi connectivity index (χ1n) is 6.44. The minimum atomic E-state index is -0.938. The van der Waals surface area contributed by atoms with Crippen LogP contribution in [0.2, 0.25) is 0 Å². The predicted octanol–water partition coefficient (Wildman–Crippen LogP) is 1.82. The zero-order chi connectivity index (χ0) is 14.5. The molecule has 0 spiro atoms. The van der Waals surface area contributed by atoms with Gasteiger partial charge in [-0.15, -0.1) is 11.3 Å². The van der Waals surface area contributed by atoms with E-state index in [1.165, 1.54) is 6.08 Å². The third-order valence-electron chi connectivity index (χ3n) is 3.17. The van der Waals surface area contributed by atoms with E-state index in [1.54, 1.807) is 17.4 Å². The van der Waals surface area contributed by atoms with Crippen LogP contribution in [0.25, 0.3) is 6.08 Å². The normalized spacial score (nSPS) is 22.2. The van der Waals surface area contributed by atoms with Gasteiger partial charge in [0, 0.05) is 17.5 Å². The molecule has 2 rings (SSSR count). The number of ether oxygens (including phenoxy) is 1. The van der Waals surface area contributed by atoms with Crippen LogP contribution in [0.5, 0.6) is 0 Å². The minimum absolute atomic E-state index is 0.194. The Morgan fingerprint density at radius 1 is 1.55 bits per heavy atom. The van der Waals surface area contributed by atoms with Gasteiger partial charge in [0.1, 0.15) is 0 Å². The summed E-state index contributed by atoms with van der Waals surface area (Å²) in [7, 11) is 0. The van der Waals surface area contributed by atoms with Crippen molar-refractivity contribution in [1.82, 2.24) is 5.32 Å². The first kappa shape index (κ1) is 14.7. The number of nitrogens with one attached hydrogen (secondary N) is 1. The molecule has 5 nitrogen and oxygen atoms in total. The lowest BCUT2D eigenvalue weighted by molar-refractivity contribution is -0.149. The van der Waals surface area contributed by atoms with Crippen LogP contribution in [0.15, 0.2) is 17.5 Å². The molecule has 6 heteroatoms. The second kappa shape index (κ2) is 6.67. The van der Waals surface area contributed by atoms with Crippen LogP contribution in [-0.4, -0.2) is 35.7 Å². The predicted molar refractivity (Wildman–Crippen MR) is 76.6 cm³/mol. The molecule has 0 aliphatic carbocycles. The summed E-state index contributed by atoms with van der Waals surface area (Å²) in [5, 5.41) is 13.5. The molecule has 108 valence electrons. The summed E-state index contributed by atoms with van der Waals surface area (Å²) in [4.78, 5) is 23.4. The lowest BCUT2D eigenvalue weighted by Crippen LogP contribution is -2.32. The van der Waals surface area contributed by atoms with Gasteiger partial charge < -0.3 is 15.2 Å². The SMILES string of the molecule is Cc1ccsc1/C=C/C(=O)NCC1CCC(C(=O)O)O1. The zero-order valence-corrected chi connectivity index (χ0v) is 12.0. The van der Waals surface area contributed by atoms with Crippen LogP contribution >= 0.6 is 11.3 Å². The quantitative estimate of drug-likeness (QED) is 0.812. The van der Waals surface area contributed by atoms with E-state index in [0.717, 1.165) is 10.4 Å². The van der Waals surface area contributed by atoms with Crippen LogP contribution in [0.4, 0.5) is 0 Å². The van der Waals surface area contributed by atoms with Gasteiger partial charge in [-0.25, -0.2) is 4.79 Å². The van der Waals surface area contributed by atoms with Crippen molar-refractivity contribution in [2.75, 3.05) is 6.54 Å². The lowest BCUT2D eigenvalue weighted by atomic mass is 10.2. The number of thiophene rings is 1. The van der Waals surface area contributed by atoms with Crippen LogP contribution < -0.4 is 5.32 Å². The van der Waals surface area contributed by atoms with Gasteiger partial charge in [-0.05, 0) is 42.9 Å². The summed E-state index contributed by atoms with van der Waals surface area (Å²) in [5.41, 5.74) is 1.14. The number of carboxylic acids is 1. The number of aliphatic carboxylic acids is 1. The van der Waals surface area contributed by atoms with Gasteiger partial charge in [0.25, 0.3) is 0 Å². The first-order chi connectivity index (χ1) is 9.56. The van der Waals surface area contributed by atoms with Crippen molar-refractivity contribution < 1.29 is 19.4 Å². The van der Waals surface area contributed by atoms with Gasteiger partial charge in [0.2, 0.25) is 5.91 Å². The average Bonchev–Trinajstić information content (AvgIpc) is 3.03. The molecule has 2 atom stereocenters. The Hall–Kier alpha value is -1.66. The molecule has 0 aromatic carbocycles. The van der Waals surface area contributed by atoms with Gasteiger partial charge in [-0.1, -0.05) is 0 Å². The van der Waals surface area contributed by atoms with E-state index in [2.05, 4.69) is 5.32 Å². The van der Waals surface area contributed by atoms with Crippen molar-refractivity contribution in [3.63, 3.8) is 0 Å². The summed E-state index contributed by atoms with van der Waals surface area (Å²) in [6, 6.07) is 2.00. The second-order valence-electron chi connectivity index (χ2n) is 4.71. The van der Waals surface area contributed by atoms with E-state index in [4.69, 9.17) is 9.84 Å². The Balaban J connectivity index is 1.75. The van der Waals surface area contributed by atoms with Crippen molar-refractivity contribution in [3.05, 3.63) is 28.0 Å². The van der Waals surface area contributed by atoms with Crippen molar-refractivity contribution >= 4 is 29.3 Å². The van der Waals surface area contributed by atoms with E-state index in [0.29, 0.717) is 19.4 Å². The zero-order valence-electron chi connectivity index (χ0n) is 11.2. The smallest absolute Gasteiger partial charge is 0.332 e. The molecule has 0 saturated carbocycles. The molecule has 1 aliphatic heterocycles. The molecule has 1 fully saturated rings.